The lowest BCUT2D eigenvalue weighted by Crippen LogP contribution is -2.24. The van der Waals surface area contributed by atoms with Crippen LogP contribution in [0.3, 0.4) is 0 Å². The van der Waals surface area contributed by atoms with E-state index in [-0.39, 0.29) is 5.78 Å². The van der Waals surface area contributed by atoms with E-state index >= 15 is 0 Å². The van der Waals surface area contributed by atoms with Gasteiger partial charge < -0.3 is 5.32 Å². The normalized spacial score (nSPS) is 21.0. The van der Waals surface area contributed by atoms with E-state index in [2.05, 4.69) is 5.32 Å². The van der Waals surface area contributed by atoms with Crippen LogP contribution in [0.25, 0.3) is 0 Å². The molecule has 74 valence electrons. The molecular weight excluding hydrogens is 174 g/mol. The number of benzene rings is 1. The molecule has 1 atom stereocenters. The SMILES string of the molecule is O=C(C[C@@H]1CCCN1)c1ccccc1. The molecule has 14 heavy (non-hydrogen) atoms. The van der Waals surface area contributed by atoms with Gasteiger partial charge in [0.1, 0.15) is 0 Å². The summed E-state index contributed by atoms with van der Waals surface area (Å²) >= 11 is 0. The Morgan fingerprint density at radius 1 is 1.36 bits per heavy atom. The van der Waals surface area contributed by atoms with Crippen molar-refractivity contribution in [3.63, 3.8) is 0 Å². The summed E-state index contributed by atoms with van der Waals surface area (Å²) in [6.45, 7) is 1.06. The highest BCUT2D eigenvalue weighted by atomic mass is 16.1. The Bertz CT molecular complexity index is 301. The third-order valence-corrected chi connectivity index (χ3v) is 2.69. The summed E-state index contributed by atoms with van der Waals surface area (Å²) in [4.78, 5) is 11.8. The summed E-state index contributed by atoms with van der Waals surface area (Å²) in [6.07, 6.45) is 2.98. The van der Waals surface area contributed by atoms with E-state index in [1.165, 1.54) is 6.42 Å². The molecule has 1 saturated heterocycles. The number of carbonyl (C=O) groups excluding carboxylic acids is 1. The first-order valence-electron chi connectivity index (χ1n) is 5.18. The van der Waals surface area contributed by atoms with Crippen LogP contribution >= 0.6 is 0 Å². The van der Waals surface area contributed by atoms with E-state index in [1.807, 2.05) is 30.3 Å². The van der Waals surface area contributed by atoms with Gasteiger partial charge in [-0.2, -0.15) is 0 Å². The van der Waals surface area contributed by atoms with Gasteiger partial charge in [0.05, 0.1) is 0 Å². The molecule has 0 spiro atoms. The van der Waals surface area contributed by atoms with Gasteiger partial charge in [-0.05, 0) is 19.4 Å². The van der Waals surface area contributed by atoms with Crippen molar-refractivity contribution in [1.82, 2.24) is 5.32 Å². The maximum absolute atomic E-state index is 11.8. The highest BCUT2D eigenvalue weighted by Crippen LogP contribution is 2.12. The summed E-state index contributed by atoms with van der Waals surface area (Å²) in [7, 11) is 0. The van der Waals surface area contributed by atoms with Crippen molar-refractivity contribution in [3.8, 4) is 0 Å². The van der Waals surface area contributed by atoms with Crippen LogP contribution in [0.4, 0.5) is 0 Å². The first-order valence-corrected chi connectivity index (χ1v) is 5.18. The number of hydrogen-bond donors (Lipinski definition) is 1. The Morgan fingerprint density at radius 3 is 2.79 bits per heavy atom. The van der Waals surface area contributed by atoms with Crippen molar-refractivity contribution in [1.29, 1.82) is 0 Å². The van der Waals surface area contributed by atoms with Gasteiger partial charge in [0.25, 0.3) is 0 Å². The minimum Gasteiger partial charge on any atom is -0.314 e. The summed E-state index contributed by atoms with van der Waals surface area (Å²) < 4.78 is 0. The number of nitrogens with one attached hydrogen (secondary N) is 1. The van der Waals surface area contributed by atoms with Gasteiger partial charge in [0.15, 0.2) is 5.78 Å². The standard InChI is InChI=1S/C12H15NO/c14-12(9-11-7-4-8-13-11)10-5-2-1-3-6-10/h1-3,5-6,11,13H,4,7-9H2/t11-/m0/s1. The van der Waals surface area contributed by atoms with Crippen LogP contribution in [-0.4, -0.2) is 18.4 Å². The molecule has 1 aliphatic heterocycles. The molecule has 1 fully saturated rings. The average molecular weight is 189 g/mol. The minimum atomic E-state index is 0.255. The Morgan fingerprint density at radius 2 is 2.14 bits per heavy atom. The van der Waals surface area contributed by atoms with Crippen molar-refractivity contribution >= 4 is 5.78 Å². The Hall–Kier alpha value is -1.15. The van der Waals surface area contributed by atoms with Gasteiger partial charge in [-0.3, -0.25) is 4.79 Å². The first kappa shape index (κ1) is 9.41. The molecule has 0 aliphatic carbocycles. The van der Waals surface area contributed by atoms with Gasteiger partial charge in [-0.25, -0.2) is 0 Å². The molecule has 2 heteroatoms. The zero-order valence-electron chi connectivity index (χ0n) is 8.20. The molecule has 0 radical (unpaired) electrons. The van der Waals surface area contributed by atoms with Gasteiger partial charge in [-0.1, -0.05) is 30.3 Å². The molecule has 1 aromatic rings. The van der Waals surface area contributed by atoms with E-state index in [0.717, 1.165) is 18.5 Å². The largest absolute Gasteiger partial charge is 0.314 e. The third kappa shape index (κ3) is 2.20. The predicted octanol–water partition coefficient (Wildman–Crippen LogP) is 2.01. The smallest absolute Gasteiger partial charge is 0.164 e. The van der Waals surface area contributed by atoms with E-state index in [4.69, 9.17) is 0 Å². The van der Waals surface area contributed by atoms with Gasteiger partial charge in [0.2, 0.25) is 0 Å². The van der Waals surface area contributed by atoms with Crippen LogP contribution in [-0.2, 0) is 0 Å². The van der Waals surface area contributed by atoms with Crippen LogP contribution in [0.2, 0.25) is 0 Å². The molecule has 1 aromatic carbocycles. The van der Waals surface area contributed by atoms with Crippen LogP contribution < -0.4 is 5.32 Å². The maximum Gasteiger partial charge on any atom is 0.164 e. The predicted molar refractivity (Wildman–Crippen MR) is 56.4 cm³/mol. The number of ketones is 1. The van der Waals surface area contributed by atoms with E-state index < -0.39 is 0 Å². The lowest BCUT2D eigenvalue weighted by Gasteiger charge is -2.08. The molecular formula is C12H15NO. The molecule has 2 nitrogen and oxygen atoms in total. The van der Waals surface area contributed by atoms with Crippen molar-refractivity contribution in [3.05, 3.63) is 35.9 Å². The zero-order valence-corrected chi connectivity index (χ0v) is 8.20. The average Bonchev–Trinajstić information content (AvgIpc) is 2.72. The fraction of sp³-hybridized carbons (Fsp3) is 0.417. The number of carbonyl (C=O) groups is 1. The molecule has 1 aliphatic rings. The maximum atomic E-state index is 11.8. The molecule has 2 rings (SSSR count). The highest BCUT2D eigenvalue weighted by Gasteiger charge is 2.17. The monoisotopic (exact) mass is 189 g/mol. The van der Waals surface area contributed by atoms with Crippen molar-refractivity contribution in [2.24, 2.45) is 0 Å². The molecule has 0 amide bonds. The zero-order chi connectivity index (χ0) is 9.80. The third-order valence-electron chi connectivity index (χ3n) is 2.69. The quantitative estimate of drug-likeness (QED) is 0.737. The summed E-state index contributed by atoms with van der Waals surface area (Å²) in [6, 6.07) is 9.94. The molecule has 0 unspecified atom stereocenters. The Balaban J connectivity index is 1.95. The molecule has 0 saturated carbocycles. The summed E-state index contributed by atoms with van der Waals surface area (Å²) in [5.74, 6) is 0.255. The lowest BCUT2D eigenvalue weighted by atomic mass is 10.0. The van der Waals surface area contributed by atoms with Crippen LogP contribution in [0.15, 0.2) is 30.3 Å². The molecule has 1 heterocycles. The second-order valence-corrected chi connectivity index (χ2v) is 3.79. The highest BCUT2D eigenvalue weighted by molar-refractivity contribution is 5.96. The van der Waals surface area contributed by atoms with Gasteiger partial charge in [0, 0.05) is 18.0 Å². The van der Waals surface area contributed by atoms with Crippen molar-refractivity contribution in [2.45, 2.75) is 25.3 Å². The van der Waals surface area contributed by atoms with Gasteiger partial charge in [-0.15, -0.1) is 0 Å². The number of rotatable bonds is 3. The van der Waals surface area contributed by atoms with Crippen molar-refractivity contribution in [2.75, 3.05) is 6.54 Å². The van der Waals surface area contributed by atoms with Crippen LogP contribution in [0.5, 0.6) is 0 Å². The topological polar surface area (TPSA) is 29.1 Å². The van der Waals surface area contributed by atoms with Crippen molar-refractivity contribution < 1.29 is 4.79 Å². The minimum absolute atomic E-state index is 0.255. The Labute approximate surface area is 84.3 Å². The van der Waals surface area contributed by atoms with Gasteiger partial charge >= 0.3 is 0 Å². The lowest BCUT2D eigenvalue weighted by molar-refractivity contribution is 0.0971. The number of Topliss-reactive ketones (excluding diaryl/α,β-unsaturated/α-hetero) is 1. The second kappa shape index (κ2) is 4.38. The summed E-state index contributed by atoms with van der Waals surface area (Å²) in [5.41, 5.74) is 0.834. The first-order chi connectivity index (χ1) is 6.86. The fourth-order valence-corrected chi connectivity index (χ4v) is 1.90. The fourth-order valence-electron chi connectivity index (χ4n) is 1.90. The van der Waals surface area contributed by atoms with E-state index in [0.29, 0.717) is 12.5 Å². The van der Waals surface area contributed by atoms with Crippen LogP contribution in [0, 0.1) is 0 Å². The Kier molecular flexibility index (Phi) is 2.94. The van der Waals surface area contributed by atoms with E-state index in [1.54, 1.807) is 0 Å². The molecule has 0 bridgehead atoms. The second-order valence-electron chi connectivity index (χ2n) is 3.79. The van der Waals surface area contributed by atoms with E-state index in [9.17, 15) is 4.79 Å². The molecule has 1 N–H and O–H groups in total. The molecule has 0 aromatic heterocycles. The number of hydrogen-bond acceptors (Lipinski definition) is 2. The van der Waals surface area contributed by atoms with Crippen LogP contribution in [0.1, 0.15) is 29.6 Å². The summed E-state index contributed by atoms with van der Waals surface area (Å²) in [5, 5.41) is 3.34.